The average molecular weight is 617 g/mol. The van der Waals surface area contributed by atoms with Gasteiger partial charge in [0.2, 0.25) is 0 Å². The van der Waals surface area contributed by atoms with E-state index in [2.05, 4.69) is 12.0 Å². The van der Waals surface area contributed by atoms with Crippen LogP contribution in [0.3, 0.4) is 0 Å². The normalized spacial score (nSPS) is 12.5. The van der Waals surface area contributed by atoms with Crippen molar-refractivity contribution >= 4 is 29.6 Å². The first kappa shape index (κ1) is 30.7. The van der Waals surface area contributed by atoms with Gasteiger partial charge in [-0.05, 0) is 48.9 Å². The summed E-state index contributed by atoms with van der Waals surface area (Å²) in [5.74, 6) is -0.354. The van der Waals surface area contributed by atoms with Crippen LogP contribution in [0, 0.1) is 0 Å². The highest BCUT2D eigenvalue weighted by Gasteiger charge is 2.22. The van der Waals surface area contributed by atoms with Crippen LogP contribution in [0.5, 0.6) is 17.2 Å². The molecule has 0 amide bonds. The topological polar surface area (TPSA) is 120 Å². The molecule has 1 aliphatic heterocycles. The molecule has 0 atom stereocenters. The number of aromatic nitrogens is 2. The smallest absolute Gasteiger partial charge is 0.336 e. The van der Waals surface area contributed by atoms with Crippen LogP contribution in [-0.2, 0) is 30.8 Å². The SMILES string of the molecule is CCCCn1ncc(C=C(Cc2cc3c(cc2OC)CCO3)C(=O)O)c1-c1ccc(Cl)cc1OCc1ccccc1C(=O)O. The number of carboxylic acid groups (broad SMARTS) is 2. The van der Waals surface area contributed by atoms with Crippen molar-refractivity contribution in [3.8, 4) is 28.5 Å². The van der Waals surface area contributed by atoms with Gasteiger partial charge in [-0.25, -0.2) is 9.59 Å². The van der Waals surface area contributed by atoms with Crippen molar-refractivity contribution < 1.29 is 34.0 Å². The number of methoxy groups -OCH3 is 1. The van der Waals surface area contributed by atoms with Crippen LogP contribution < -0.4 is 14.2 Å². The van der Waals surface area contributed by atoms with Crippen LogP contribution >= 0.6 is 11.6 Å². The van der Waals surface area contributed by atoms with Crippen molar-refractivity contribution in [1.82, 2.24) is 9.78 Å². The van der Waals surface area contributed by atoms with Gasteiger partial charge in [0.1, 0.15) is 23.9 Å². The van der Waals surface area contributed by atoms with Crippen LogP contribution in [0.2, 0.25) is 5.02 Å². The van der Waals surface area contributed by atoms with E-state index < -0.39 is 11.9 Å². The Morgan fingerprint density at radius 2 is 1.91 bits per heavy atom. The largest absolute Gasteiger partial charge is 0.496 e. The zero-order valence-corrected chi connectivity index (χ0v) is 25.3. The summed E-state index contributed by atoms with van der Waals surface area (Å²) < 4.78 is 19.4. The molecule has 5 rings (SSSR count). The molecule has 228 valence electrons. The minimum Gasteiger partial charge on any atom is -0.496 e. The molecule has 44 heavy (non-hydrogen) atoms. The standard InChI is InChI=1S/C34H33ClN2O7/c1-3-4-12-37-32(28-10-9-26(35)18-31(28)44-20-22-7-5-6-8-27(22)34(40)41)25(19-36-37)15-24(33(38)39)14-23-17-30-21(11-13-43-30)16-29(23)42-2/h5-10,15-19H,3-4,11-14,20H2,1-2H3,(H,38,39)(H,40,41). The van der Waals surface area contributed by atoms with E-state index in [0.29, 0.717) is 57.6 Å². The number of hydrogen-bond donors (Lipinski definition) is 2. The summed E-state index contributed by atoms with van der Waals surface area (Å²) >= 11 is 6.38. The van der Waals surface area contributed by atoms with E-state index in [1.54, 1.807) is 55.8 Å². The molecule has 0 saturated carbocycles. The quantitative estimate of drug-likeness (QED) is 0.155. The number of aliphatic carboxylic acids is 1. The first-order valence-electron chi connectivity index (χ1n) is 14.3. The first-order valence-corrected chi connectivity index (χ1v) is 14.7. The zero-order valence-electron chi connectivity index (χ0n) is 24.5. The maximum atomic E-state index is 12.6. The number of carboxylic acids is 2. The van der Waals surface area contributed by atoms with Crippen LogP contribution in [0.1, 0.15) is 52.4 Å². The van der Waals surface area contributed by atoms with Gasteiger partial charge in [0.05, 0.1) is 31.2 Å². The molecular formula is C34H33ClN2O7. The summed E-state index contributed by atoms with van der Waals surface area (Å²) in [5, 5.41) is 25.0. The van der Waals surface area contributed by atoms with Gasteiger partial charge in [-0.1, -0.05) is 43.1 Å². The molecule has 1 aromatic heterocycles. The Bertz CT molecular complexity index is 1730. The van der Waals surface area contributed by atoms with Crippen molar-refractivity contribution in [2.45, 2.75) is 45.8 Å². The maximum Gasteiger partial charge on any atom is 0.336 e. The summed E-state index contributed by atoms with van der Waals surface area (Å²) in [6.45, 7) is 3.25. The summed E-state index contributed by atoms with van der Waals surface area (Å²) in [6, 6.07) is 15.6. The minimum absolute atomic E-state index is 0.00927. The van der Waals surface area contributed by atoms with Gasteiger partial charge in [0.15, 0.2) is 0 Å². The Hall–Kier alpha value is -4.76. The summed E-state index contributed by atoms with van der Waals surface area (Å²) in [7, 11) is 1.57. The second kappa shape index (κ2) is 13.7. The van der Waals surface area contributed by atoms with Crippen molar-refractivity contribution in [1.29, 1.82) is 0 Å². The molecule has 0 radical (unpaired) electrons. The second-order valence-electron chi connectivity index (χ2n) is 10.4. The highest BCUT2D eigenvalue weighted by molar-refractivity contribution is 6.30. The molecule has 0 saturated heterocycles. The Morgan fingerprint density at radius 3 is 2.66 bits per heavy atom. The number of halogens is 1. The zero-order chi connectivity index (χ0) is 31.2. The van der Waals surface area contributed by atoms with Gasteiger partial charge >= 0.3 is 11.9 Å². The maximum absolute atomic E-state index is 12.6. The van der Waals surface area contributed by atoms with Crippen molar-refractivity contribution in [2.24, 2.45) is 0 Å². The third-order valence-electron chi connectivity index (χ3n) is 7.50. The fourth-order valence-corrected chi connectivity index (χ4v) is 5.42. The van der Waals surface area contributed by atoms with Crippen LogP contribution in [0.4, 0.5) is 0 Å². The van der Waals surface area contributed by atoms with E-state index in [4.69, 9.17) is 25.8 Å². The molecule has 0 fully saturated rings. The predicted molar refractivity (Wildman–Crippen MR) is 167 cm³/mol. The van der Waals surface area contributed by atoms with Crippen molar-refractivity contribution in [3.05, 3.63) is 99.2 Å². The van der Waals surface area contributed by atoms with Crippen LogP contribution in [-0.4, -0.2) is 45.6 Å². The molecule has 0 aliphatic carbocycles. The number of rotatable bonds is 13. The van der Waals surface area contributed by atoms with Gasteiger partial charge in [-0.2, -0.15) is 5.10 Å². The van der Waals surface area contributed by atoms with Crippen molar-refractivity contribution in [2.75, 3.05) is 13.7 Å². The van der Waals surface area contributed by atoms with Gasteiger partial charge in [0, 0.05) is 57.8 Å². The Labute approximate surface area is 260 Å². The number of aryl methyl sites for hydroxylation is 1. The number of hydrogen-bond acceptors (Lipinski definition) is 6. The molecular weight excluding hydrogens is 584 g/mol. The molecule has 0 bridgehead atoms. The lowest BCUT2D eigenvalue weighted by molar-refractivity contribution is -0.132. The Kier molecular flexibility index (Phi) is 9.55. The summed E-state index contributed by atoms with van der Waals surface area (Å²) in [4.78, 5) is 24.3. The Morgan fingerprint density at radius 1 is 1.09 bits per heavy atom. The fourth-order valence-electron chi connectivity index (χ4n) is 5.25. The highest BCUT2D eigenvalue weighted by atomic mass is 35.5. The fraction of sp³-hybridized carbons (Fsp3) is 0.265. The number of benzene rings is 3. The first-order chi connectivity index (χ1) is 21.3. The molecule has 0 spiro atoms. The van der Waals surface area contributed by atoms with Gasteiger partial charge in [-0.3, -0.25) is 4.68 Å². The molecule has 2 heterocycles. The number of aromatic carboxylic acids is 1. The Balaban J connectivity index is 1.56. The lowest BCUT2D eigenvalue weighted by Crippen LogP contribution is -2.08. The lowest BCUT2D eigenvalue weighted by Gasteiger charge is -2.16. The molecule has 0 unspecified atom stereocenters. The predicted octanol–water partition coefficient (Wildman–Crippen LogP) is 6.94. The lowest BCUT2D eigenvalue weighted by atomic mass is 9.98. The summed E-state index contributed by atoms with van der Waals surface area (Å²) in [5.41, 5.74) is 4.44. The van der Waals surface area contributed by atoms with E-state index >= 15 is 0 Å². The number of nitrogens with zero attached hydrogens (tertiary/aromatic N) is 2. The van der Waals surface area contributed by atoms with E-state index in [9.17, 15) is 19.8 Å². The molecule has 2 N–H and O–H groups in total. The van der Waals surface area contributed by atoms with Gasteiger partial charge in [-0.15, -0.1) is 0 Å². The van der Waals surface area contributed by atoms with Crippen LogP contribution in [0.25, 0.3) is 17.3 Å². The highest BCUT2D eigenvalue weighted by Crippen LogP contribution is 2.38. The third-order valence-corrected chi connectivity index (χ3v) is 7.73. The second-order valence-corrected chi connectivity index (χ2v) is 10.9. The van der Waals surface area contributed by atoms with Crippen LogP contribution in [0.15, 0.2) is 66.4 Å². The van der Waals surface area contributed by atoms with Gasteiger partial charge < -0.3 is 24.4 Å². The van der Waals surface area contributed by atoms with E-state index in [1.807, 2.05) is 16.8 Å². The van der Waals surface area contributed by atoms with Gasteiger partial charge in [0.25, 0.3) is 0 Å². The van der Waals surface area contributed by atoms with Crippen molar-refractivity contribution in [3.63, 3.8) is 0 Å². The van der Waals surface area contributed by atoms with E-state index in [1.165, 1.54) is 6.07 Å². The third kappa shape index (κ3) is 6.73. The van der Waals surface area contributed by atoms with E-state index in [0.717, 1.165) is 30.6 Å². The molecule has 10 heteroatoms. The minimum atomic E-state index is -1.07. The number of unbranched alkanes of at least 4 members (excludes halogenated alkanes) is 1. The number of ether oxygens (including phenoxy) is 3. The molecule has 9 nitrogen and oxygen atoms in total. The molecule has 4 aromatic rings. The van der Waals surface area contributed by atoms with E-state index in [-0.39, 0.29) is 24.2 Å². The number of carbonyl (C=O) groups is 2. The monoisotopic (exact) mass is 616 g/mol. The molecule has 3 aromatic carbocycles. The molecule has 1 aliphatic rings. The summed E-state index contributed by atoms with van der Waals surface area (Å²) in [6.07, 6.45) is 5.94. The number of fused-ring (bicyclic) bond motifs is 1. The average Bonchev–Trinajstić information content (AvgIpc) is 3.64.